The van der Waals surface area contributed by atoms with Crippen LogP contribution in [0.25, 0.3) is 0 Å². The van der Waals surface area contributed by atoms with Gasteiger partial charge in [-0.25, -0.2) is 0 Å². The molecular formula is C12H19BrMgNO+2. The summed E-state index contributed by atoms with van der Waals surface area (Å²) in [5.74, 6) is 0. The second-order valence-electron chi connectivity index (χ2n) is 3.76. The quantitative estimate of drug-likeness (QED) is 0.828. The Kier molecular flexibility index (Phi) is 10.8. The first-order chi connectivity index (χ1) is 7.33. The van der Waals surface area contributed by atoms with Gasteiger partial charge in [0.25, 0.3) is 0 Å². The number of aliphatic hydroxyl groups excluding tert-OH is 1. The van der Waals surface area contributed by atoms with E-state index in [1.807, 2.05) is 39.9 Å². The lowest BCUT2D eigenvalue weighted by Crippen LogP contribution is -2.22. The normalized spacial score (nSPS) is 14.9. The first-order valence-electron chi connectivity index (χ1n) is 5.53. The molecule has 85 valence electrons. The zero-order chi connectivity index (χ0) is 10.9. The van der Waals surface area contributed by atoms with Crippen LogP contribution in [0.2, 0.25) is 0 Å². The van der Waals surface area contributed by atoms with Gasteiger partial charge in [-0.15, -0.1) is 17.0 Å². The van der Waals surface area contributed by atoms with Crippen molar-refractivity contribution in [1.29, 1.82) is 0 Å². The Hall–Kier alpha value is 0.386. The molecular weight excluding hydrogens is 278 g/mol. The number of benzene rings is 1. The van der Waals surface area contributed by atoms with Gasteiger partial charge in [-0.05, 0) is 25.9 Å². The van der Waals surface area contributed by atoms with E-state index >= 15 is 0 Å². The van der Waals surface area contributed by atoms with Gasteiger partial charge in [0.15, 0.2) is 0 Å². The molecule has 0 bridgehead atoms. The minimum Gasteiger partial charge on any atom is -0.395 e. The molecule has 1 N–H and O–H groups in total. The van der Waals surface area contributed by atoms with Crippen LogP contribution >= 0.6 is 17.0 Å². The molecule has 1 aromatic carbocycles. The summed E-state index contributed by atoms with van der Waals surface area (Å²) in [4.78, 5) is 2.29. The number of hydrogen-bond donors (Lipinski definition) is 1. The lowest BCUT2D eigenvalue weighted by atomic mass is 10.4. The van der Waals surface area contributed by atoms with Crippen molar-refractivity contribution in [2.75, 3.05) is 26.2 Å². The highest BCUT2D eigenvalue weighted by atomic mass is 79.9. The SMILES string of the molecule is Br.OCCN1CCCC1.[Mg+2][c]1ccccc1. The number of β-amino-alcohol motifs (C(OH)–C–C–N with tert-alkyl or cyclic N) is 1. The average molecular weight is 297 g/mol. The largest absolute Gasteiger partial charge is 1.47 e. The predicted molar refractivity (Wildman–Crippen MR) is 74.9 cm³/mol. The molecule has 0 spiro atoms. The summed E-state index contributed by atoms with van der Waals surface area (Å²) in [6.45, 7) is 3.58. The standard InChI is InChI=1S/C6H13NO.C6H5.BrH.Mg/c8-6-5-7-3-1-2-4-7;1-2-4-6-5-3-1;;/h8H,1-6H2;1-5H;1H;/q;;;+2. The predicted octanol–water partition coefficient (Wildman–Crippen LogP) is 1.13. The first kappa shape index (κ1) is 16.4. The highest BCUT2D eigenvalue weighted by Gasteiger charge is 2.28. The minimum absolute atomic E-state index is 0. The van der Waals surface area contributed by atoms with Gasteiger partial charge in [-0.2, -0.15) is 0 Å². The maximum Gasteiger partial charge on any atom is 1.47 e. The van der Waals surface area contributed by atoms with E-state index in [-0.39, 0.29) is 17.0 Å². The highest BCUT2D eigenvalue weighted by molar-refractivity contribution is 8.93. The molecule has 0 amide bonds. The number of nitrogens with zero attached hydrogens (tertiary/aromatic N) is 1. The summed E-state index contributed by atoms with van der Waals surface area (Å²) >= 11 is 1.90. The van der Waals surface area contributed by atoms with Crippen LogP contribution in [0.4, 0.5) is 0 Å². The van der Waals surface area contributed by atoms with Crippen molar-refractivity contribution >= 4 is 42.4 Å². The second kappa shape index (κ2) is 10.5. The molecule has 1 aromatic rings. The lowest BCUT2D eigenvalue weighted by Gasteiger charge is -2.10. The van der Waals surface area contributed by atoms with Gasteiger partial charge in [0, 0.05) is 18.7 Å². The molecule has 0 unspecified atom stereocenters. The molecule has 1 fully saturated rings. The van der Waals surface area contributed by atoms with Crippen LogP contribution in [-0.2, 0) is 0 Å². The van der Waals surface area contributed by atoms with E-state index in [9.17, 15) is 0 Å². The van der Waals surface area contributed by atoms with E-state index in [1.165, 1.54) is 29.6 Å². The van der Waals surface area contributed by atoms with E-state index in [4.69, 9.17) is 5.11 Å². The molecule has 0 aromatic heterocycles. The number of aliphatic hydroxyl groups is 1. The van der Waals surface area contributed by atoms with Gasteiger partial charge in [0.05, 0.1) is 6.61 Å². The summed E-state index contributed by atoms with van der Waals surface area (Å²) < 4.78 is 1.35. The number of hydrogen-bond acceptors (Lipinski definition) is 2. The van der Waals surface area contributed by atoms with E-state index in [0.717, 1.165) is 6.54 Å². The minimum atomic E-state index is 0. The number of halogens is 1. The van der Waals surface area contributed by atoms with Crippen LogP contribution in [0.1, 0.15) is 12.8 Å². The van der Waals surface area contributed by atoms with Crippen LogP contribution < -0.4 is 3.69 Å². The molecule has 1 heterocycles. The Morgan fingerprint density at radius 2 is 1.69 bits per heavy atom. The van der Waals surface area contributed by atoms with E-state index in [2.05, 4.69) is 17.0 Å². The average Bonchev–Trinajstić information content (AvgIpc) is 2.73. The fourth-order valence-electron chi connectivity index (χ4n) is 1.63. The molecule has 0 saturated carbocycles. The Morgan fingerprint density at radius 3 is 2.06 bits per heavy atom. The number of likely N-dealkylation sites (tertiary alicyclic amines) is 1. The van der Waals surface area contributed by atoms with Crippen LogP contribution in [0.5, 0.6) is 0 Å². The maximum absolute atomic E-state index is 8.48. The molecule has 1 aliphatic rings. The van der Waals surface area contributed by atoms with Gasteiger partial charge in [0.1, 0.15) is 0 Å². The van der Waals surface area contributed by atoms with Crippen molar-refractivity contribution in [3.63, 3.8) is 0 Å². The van der Waals surface area contributed by atoms with Gasteiger partial charge in [0.2, 0.25) is 0 Å². The molecule has 0 aliphatic carbocycles. The van der Waals surface area contributed by atoms with Gasteiger partial charge >= 0.3 is 25.4 Å². The third kappa shape index (κ3) is 7.63. The summed E-state index contributed by atoms with van der Waals surface area (Å²) in [5, 5.41) is 8.48. The molecule has 2 rings (SSSR count). The molecule has 1 aliphatic heterocycles. The van der Waals surface area contributed by atoms with Crippen molar-refractivity contribution in [3.8, 4) is 0 Å². The summed E-state index contributed by atoms with van der Waals surface area (Å²) in [5.41, 5.74) is 0. The van der Waals surface area contributed by atoms with Gasteiger partial charge in [-0.3, -0.25) is 0 Å². The molecule has 1 saturated heterocycles. The molecule has 0 atom stereocenters. The lowest BCUT2D eigenvalue weighted by molar-refractivity contribution is 0.221. The maximum atomic E-state index is 8.48. The van der Waals surface area contributed by atoms with Gasteiger partial charge < -0.3 is 10.0 Å². The van der Waals surface area contributed by atoms with Crippen LogP contribution in [0.15, 0.2) is 30.3 Å². The topological polar surface area (TPSA) is 23.5 Å². The van der Waals surface area contributed by atoms with Crippen molar-refractivity contribution in [1.82, 2.24) is 4.90 Å². The fraction of sp³-hybridized carbons (Fsp3) is 0.500. The Morgan fingerprint density at radius 1 is 1.12 bits per heavy atom. The molecule has 7 radical (unpaired) electrons. The fourth-order valence-corrected chi connectivity index (χ4v) is 1.90. The van der Waals surface area contributed by atoms with Crippen molar-refractivity contribution in [3.05, 3.63) is 30.3 Å². The van der Waals surface area contributed by atoms with Crippen molar-refractivity contribution in [2.24, 2.45) is 0 Å². The second-order valence-corrected chi connectivity index (χ2v) is 4.57. The monoisotopic (exact) mass is 296 g/mol. The summed E-state index contributed by atoms with van der Waals surface area (Å²) in [6.07, 6.45) is 2.64. The molecule has 16 heavy (non-hydrogen) atoms. The molecule has 2 nitrogen and oxygen atoms in total. The van der Waals surface area contributed by atoms with E-state index in [1.54, 1.807) is 0 Å². The number of rotatable bonds is 2. The summed E-state index contributed by atoms with van der Waals surface area (Å²) in [6, 6.07) is 10.3. The van der Waals surface area contributed by atoms with E-state index < -0.39 is 0 Å². The van der Waals surface area contributed by atoms with E-state index in [0.29, 0.717) is 6.61 Å². The molecule has 4 heteroatoms. The third-order valence-electron chi connectivity index (χ3n) is 2.46. The Balaban J connectivity index is 0.000000267. The van der Waals surface area contributed by atoms with Gasteiger partial charge in [-0.1, -0.05) is 18.2 Å². The van der Waals surface area contributed by atoms with Crippen LogP contribution in [0, 0.1) is 0 Å². The zero-order valence-electron chi connectivity index (χ0n) is 9.64. The van der Waals surface area contributed by atoms with Crippen molar-refractivity contribution in [2.45, 2.75) is 12.8 Å². The Bertz CT molecular complexity index is 252. The van der Waals surface area contributed by atoms with Crippen LogP contribution in [-0.4, -0.2) is 58.0 Å². The Labute approximate surface area is 121 Å². The van der Waals surface area contributed by atoms with Crippen molar-refractivity contribution < 1.29 is 5.11 Å². The van der Waals surface area contributed by atoms with Crippen LogP contribution in [0.3, 0.4) is 0 Å². The zero-order valence-corrected chi connectivity index (χ0v) is 12.8. The first-order valence-corrected chi connectivity index (χ1v) is 6.24. The summed E-state index contributed by atoms with van der Waals surface area (Å²) in [7, 11) is 0. The third-order valence-corrected chi connectivity index (χ3v) is 2.93. The smallest absolute Gasteiger partial charge is 0.395 e. The highest BCUT2D eigenvalue weighted by Crippen LogP contribution is 2.05.